The average molecular weight is 245 g/mol. The number of hydrogen-bond donors (Lipinski definition) is 1. The first-order valence-electron chi connectivity index (χ1n) is 4.63. The van der Waals surface area contributed by atoms with Crippen LogP contribution < -0.4 is 9.47 Å². The third-order valence-electron chi connectivity index (χ3n) is 2.12. The monoisotopic (exact) mass is 244 g/mol. The van der Waals surface area contributed by atoms with Crippen molar-refractivity contribution in [3.63, 3.8) is 0 Å². The first-order valence-corrected chi connectivity index (χ1v) is 5.00. The number of carbonyl (C=O) groups is 1. The summed E-state index contributed by atoms with van der Waals surface area (Å²) < 4.78 is 10.2. The molecule has 0 aliphatic rings. The van der Waals surface area contributed by atoms with Crippen LogP contribution >= 0.6 is 11.6 Å². The number of hydrogen-bond acceptors (Lipinski definition) is 4. The molecular weight excluding hydrogens is 232 g/mol. The molecule has 5 heteroatoms. The molecule has 0 aromatic heterocycles. The molecule has 1 aromatic carbocycles. The van der Waals surface area contributed by atoms with Gasteiger partial charge in [-0.05, 0) is 6.92 Å². The summed E-state index contributed by atoms with van der Waals surface area (Å²) in [5.41, 5.74) is 0.347. The molecule has 1 rings (SSSR count). The van der Waals surface area contributed by atoms with Crippen molar-refractivity contribution in [3.05, 3.63) is 16.7 Å². The highest BCUT2D eigenvalue weighted by atomic mass is 35.5. The van der Waals surface area contributed by atoms with E-state index < -0.39 is 0 Å². The average Bonchev–Trinajstić information content (AvgIpc) is 2.23. The summed E-state index contributed by atoms with van der Waals surface area (Å²) in [4.78, 5) is 11.1. The maximum atomic E-state index is 11.1. The van der Waals surface area contributed by atoms with Crippen molar-refractivity contribution in [2.45, 2.75) is 13.3 Å². The molecule has 0 radical (unpaired) electrons. The van der Waals surface area contributed by atoms with Crippen LogP contribution in [0.15, 0.2) is 6.07 Å². The Kier molecular flexibility index (Phi) is 4.01. The second-order valence-electron chi connectivity index (χ2n) is 3.30. The lowest BCUT2D eigenvalue weighted by Gasteiger charge is -2.14. The zero-order chi connectivity index (χ0) is 12.3. The van der Waals surface area contributed by atoms with Crippen LogP contribution in [0, 0.1) is 0 Å². The quantitative estimate of drug-likeness (QED) is 0.882. The molecule has 0 saturated heterocycles. The van der Waals surface area contributed by atoms with Crippen LogP contribution in [-0.2, 0) is 11.2 Å². The van der Waals surface area contributed by atoms with Crippen molar-refractivity contribution in [1.82, 2.24) is 0 Å². The van der Waals surface area contributed by atoms with Crippen LogP contribution in [0.5, 0.6) is 17.2 Å². The zero-order valence-corrected chi connectivity index (χ0v) is 10.1. The number of carbonyl (C=O) groups excluding carboxylic acids is 1. The van der Waals surface area contributed by atoms with E-state index >= 15 is 0 Å². The summed E-state index contributed by atoms with van der Waals surface area (Å²) in [7, 11) is 2.90. The van der Waals surface area contributed by atoms with Gasteiger partial charge in [-0.2, -0.15) is 0 Å². The first-order chi connectivity index (χ1) is 7.51. The first kappa shape index (κ1) is 12.6. The summed E-state index contributed by atoms with van der Waals surface area (Å²) in [6.45, 7) is 1.42. The predicted octanol–water partition coefficient (Wildman–Crippen LogP) is 2.19. The number of ether oxygens (including phenoxy) is 2. The van der Waals surface area contributed by atoms with Crippen molar-refractivity contribution in [1.29, 1.82) is 0 Å². The molecule has 0 saturated carbocycles. The van der Waals surface area contributed by atoms with E-state index in [0.717, 1.165) is 0 Å². The fourth-order valence-corrected chi connectivity index (χ4v) is 1.65. The molecule has 0 amide bonds. The van der Waals surface area contributed by atoms with Gasteiger partial charge in [0.15, 0.2) is 11.5 Å². The van der Waals surface area contributed by atoms with Gasteiger partial charge in [-0.15, -0.1) is 0 Å². The van der Waals surface area contributed by atoms with Crippen molar-refractivity contribution in [2.24, 2.45) is 0 Å². The Morgan fingerprint density at radius 1 is 1.44 bits per heavy atom. The third kappa shape index (κ3) is 2.39. The Morgan fingerprint density at radius 3 is 2.50 bits per heavy atom. The minimum absolute atomic E-state index is 0.0475. The molecule has 0 aliphatic heterocycles. The van der Waals surface area contributed by atoms with E-state index in [0.29, 0.717) is 17.1 Å². The highest BCUT2D eigenvalue weighted by Crippen LogP contribution is 2.42. The molecule has 0 aliphatic carbocycles. The number of halogens is 1. The molecular formula is C11H13ClO4. The molecule has 0 heterocycles. The van der Waals surface area contributed by atoms with E-state index in [2.05, 4.69) is 0 Å². The van der Waals surface area contributed by atoms with Crippen LogP contribution in [0.1, 0.15) is 12.5 Å². The summed E-state index contributed by atoms with van der Waals surface area (Å²) in [5.74, 6) is 0.480. The van der Waals surface area contributed by atoms with Gasteiger partial charge in [0.2, 0.25) is 0 Å². The molecule has 0 spiro atoms. The fourth-order valence-electron chi connectivity index (χ4n) is 1.44. The number of ketones is 1. The van der Waals surface area contributed by atoms with Gasteiger partial charge in [0, 0.05) is 18.1 Å². The van der Waals surface area contributed by atoms with E-state index in [1.807, 2.05) is 0 Å². The summed E-state index contributed by atoms with van der Waals surface area (Å²) >= 11 is 5.81. The lowest BCUT2D eigenvalue weighted by atomic mass is 10.1. The van der Waals surface area contributed by atoms with Crippen LogP contribution in [0.25, 0.3) is 0 Å². The minimum atomic E-state index is -0.144. The maximum Gasteiger partial charge on any atom is 0.168 e. The van der Waals surface area contributed by atoms with Crippen molar-refractivity contribution >= 4 is 17.4 Å². The fraction of sp³-hybridized carbons (Fsp3) is 0.364. The lowest BCUT2D eigenvalue weighted by molar-refractivity contribution is -0.116. The molecule has 1 aromatic rings. The molecule has 16 heavy (non-hydrogen) atoms. The van der Waals surface area contributed by atoms with Gasteiger partial charge < -0.3 is 14.6 Å². The lowest BCUT2D eigenvalue weighted by Crippen LogP contribution is -2.02. The molecule has 0 atom stereocenters. The van der Waals surface area contributed by atoms with E-state index in [4.69, 9.17) is 21.1 Å². The Bertz CT molecular complexity index is 415. The Balaban J connectivity index is 3.40. The summed E-state index contributed by atoms with van der Waals surface area (Å²) in [6.07, 6.45) is 0.0475. The van der Waals surface area contributed by atoms with Crippen LogP contribution in [0.3, 0.4) is 0 Å². The van der Waals surface area contributed by atoms with Gasteiger partial charge in [-0.1, -0.05) is 11.6 Å². The topological polar surface area (TPSA) is 55.8 Å². The van der Waals surface area contributed by atoms with Gasteiger partial charge in [-0.25, -0.2) is 0 Å². The number of rotatable bonds is 4. The second-order valence-corrected chi connectivity index (χ2v) is 3.71. The van der Waals surface area contributed by atoms with Gasteiger partial charge in [-0.3, -0.25) is 4.79 Å². The number of phenolic OH excluding ortho intramolecular Hbond substituents is 1. The maximum absolute atomic E-state index is 11.1. The highest BCUT2D eigenvalue weighted by molar-refractivity contribution is 6.32. The number of Topliss-reactive ketones (excluding diaryl/α,β-unsaturated/α-hetero) is 1. The Labute approximate surface area is 98.7 Å². The zero-order valence-electron chi connectivity index (χ0n) is 9.33. The number of methoxy groups -OCH3 is 2. The molecule has 0 unspecified atom stereocenters. The van der Waals surface area contributed by atoms with E-state index in [9.17, 15) is 9.90 Å². The second kappa shape index (κ2) is 5.07. The molecule has 1 N–H and O–H groups in total. The van der Waals surface area contributed by atoms with Crippen molar-refractivity contribution < 1.29 is 19.4 Å². The molecule has 0 bridgehead atoms. The smallest absolute Gasteiger partial charge is 0.168 e. The van der Waals surface area contributed by atoms with E-state index in [1.165, 1.54) is 27.2 Å². The standard InChI is InChI=1S/C11H13ClO4/c1-6(13)4-7-10(14)8(12)5-9(15-2)11(7)16-3/h5,14H,4H2,1-3H3. The highest BCUT2D eigenvalue weighted by Gasteiger charge is 2.19. The molecule has 4 nitrogen and oxygen atoms in total. The number of aromatic hydroxyl groups is 1. The SMILES string of the molecule is COc1cc(Cl)c(O)c(CC(C)=O)c1OC. The van der Waals surface area contributed by atoms with Crippen molar-refractivity contribution in [2.75, 3.05) is 14.2 Å². The van der Waals surface area contributed by atoms with Crippen LogP contribution in [-0.4, -0.2) is 25.1 Å². The Morgan fingerprint density at radius 2 is 2.06 bits per heavy atom. The minimum Gasteiger partial charge on any atom is -0.506 e. The van der Waals surface area contributed by atoms with Gasteiger partial charge in [0.25, 0.3) is 0 Å². The van der Waals surface area contributed by atoms with Gasteiger partial charge in [0.1, 0.15) is 11.5 Å². The largest absolute Gasteiger partial charge is 0.506 e. The summed E-state index contributed by atoms with van der Waals surface area (Å²) in [6, 6.07) is 1.44. The van der Waals surface area contributed by atoms with Crippen LogP contribution in [0.4, 0.5) is 0 Å². The molecule has 0 fully saturated rings. The van der Waals surface area contributed by atoms with Crippen molar-refractivity contribution in [3.8, 4) is 17.2 Å². The van der Waals surface area contributed by atoms with Gasteiger partial charge in [0.05, 0.1) is 19.2 Å². The third-order valence-corrected chi connectivity index (χ3v) is 2.41. The predicted molar refractivity (Wildman–Crippen MR) is 60.6 cm³/mol. The van der Waals surface area contributed by atoms with Gasteiger partial charge >= 0.3 is 0 Å². The van der Waals surface area contributed by atoms with Crippen LogP contribution in [0.2, 0.25) is 5.02 Å². The van der Waals surface area contributed by atoms with E-state index in [1.54, 1.807) is 0 Å². The number of phenols is 1. The number of benzene rings is 1. The normalized spacial score (nSPS) is 10.0. The summed E-state index contributed by atoms with van der Waals surface area (Å²) in [5, 5.41) is 9.89. The van der Waals surface area contributed by atoms with E-state index in [-0.39, 0.29) is 23.0 Å². The Hall–Kier alpha value is -1.42. The molecule has 88 valence electrons.